The van der Waals surface area contributed by atoms with E-state index in [-0.39, 0.29) is 11.9 Å². The van der Waals surface area contributed by atoms with Gasteiger partial charge in [0.05, 0.1) is 24.8 Å². The van der Waals surface area contributed by atoms with Crippen molar-refractivity contribution in [3.05, 3.63) is 58.3 Å². The Bertz CT molecular complexity index is 952. The number of amides is 1. The molecule has 7 heteroatoms. The van der Waals surface area contributed by atoms with Crippen LogP contribution in [0.15, 0.2) is 45.7 Å². The van der Waals surface area contributed by atoms with E-state index in [0.717, 1.165) is 5.69 Å². The number of aromatic amines is 1. The van der Waals surface area contributed by atoms with Crippen molar-refractivity contribution in [2.75, 3.05) is 19.8 Å². The van der Waals surface area contributed by atoms with Crippen molar-refractivity contribution in [1.29, 1.82) is 0 Å². The first-order valence-corrected chi connectivity index (χ1v) is 7.76. The third-order valence-electron chi connectivity index (χ3n) is 4.38. The number of morpholine rings is 1. The molecule has 2 aromatic heterocycles. The van der Waals surface area contributed by atoms with Gasteiger partial charge in [-0.25, -0.2) is 4.79 Å². The first kappa shape index (κ1) is 14.8. The van der Waals surface area contributed by atoms with Crippen LogP contribution in [0, 0.1) is 0 Å². The van der Waals surface area contributed by atoms with E-state index in [9.17, 15) is 9.59 Å². The van der Waals surface area contributed by atoms with Crippen LogP contribution in [0.3, 0.4) is 0 Å². The Kier molecular flexibility index (Phi) is 3.50. The van der Waals surface area contributed by atoms with E-state index in [4.69, 9.17) is 9.15 Å². The van der Waals surface area contributed by atoms with E-state index in [1.54, 1.807) is 18.2 Å². The van der Waals surface area contributed by atoms with Crippen molar-refractivity contribution < 1.29 is 13.9 Å². The van der Waals surface area contributed by atoms with Crippen LogP contribution in [-0.4, -0.2) is 40.1 Å². The van der Waals surface area contributed by atoms with Gasteiger partial charge in [-0.05, 0) is 30.3 Å². The second kappa shape index (κ2) is 5.68. The molecule has 1 N–H and O–H groups in total. The predicted octanol–water partition coefficient (Wildman–Crippen LogP) is 1.67. The maximum absolute atomic E-state index is 13.0. The van der Waals surface area contributed by atoms with Crippen LogP contribution >= 0.6 is 0 Å². The fourth-order valence-corrected chi connectivity index (χ4v) is 3.16. The van der Waals surface area contributed by atoms with Crippen LogP contribution in [0.1, 0.15) is 22.1 Å². The molecule has 1 aliphatic rings. The number of H-pyrrole nitrogens is 1. The summed E-state index contributed by atoms with van der Waals surface area (Å²) < 4.78 is 12.6. The van der Waals surface area contributed by atoms with Crippen molar-refractivity contribution in [3.63, 3.8) is 0 Å². The molecule has 124 valence electrons. The van der Waals surface area contributed by atoms with Crippen LogP contribution in [0.2, 0.25) is 0 Å². The average Bonchev–Trinajstić information content (AvgIpc) is 3.17. The summed E-state index contributed by atoms with van der Waals surface area (Å²) in [6.07, 6.45) is 1.95. The van der Waals surface area contributed by atoms with Gasteiger partial charge in [0.15, 0.2) is 5.58 Å². The van der Waals surface area contributed by atoms with Crippen LogP contribution < -0.4 is 5.76 Å². The van der Waals surface area contributed by atoms with Gasteiger partial charge in [-0.2, -0.15) is 0 Å². The minimum atomic E-state index is -0.525. The molecule has 1 saturated heterocycles. The molecule has 1 fully saturated rings. The van der Waals surface area contributed by atoms with Gasteiger partial charge in [0.25, 0.3) is 5.91 Å². The number of fused-ring (bicyclic) bond motifs is 1. The number of aryl methyl sites for hydroxylation is 1. The molecule has 1 aliphatic heterocycles. The Labute approximate surface area is 137 Å². The molecular weight excluding hydrogens is 310 g/mol. The first-order chi connectivity index (χ1) is 11.6. The minimum Gasteiger partial charge on any atom is -0.408 e. The standard InChI is InChI=1S/C17H17N3O4/c1-19-6-2-3-13(19)14-10-23-8-7-20(14)16(21)11-4-5-15-12(9-11)18-17(22)24-15/h2-6,9,14H,7-8,10H2,1H3,(H,18,22). The highest BCUT2D eigenvalue weighted by Crippen LogP contribution is 2.26. The maximum atomic E-state index is 13.0. The SMILES string of the molecule is Cn1cccc1C1COCCN1C(=O)c1ccc2oc(=O)[nH]c2c1. The summed E-state index contributed by atoms with van der Waals surface area (Å²) in [5.41, 5.74) is 2.51. The molecule has 1 atom stereocenters. The summed E-state index contributed by atoms with van der Waals surface area (Å²) in [6.45, 7) is 1.50. The molecule has 3 heterocycles. The van der Waals surface area contributed by atoms with Gasteiger partial charge in [0, 0.05) is 31.0 Å². The lowest BCUT2D eigenvalue weighted by Gasteiger charge is -2.36. The van der Waals surface area contributed by atoms with Crippen molar-refractivity contribution in [3.8, 4) is 0 Å². The number of carbonyl (C=O) groups is 1. The molecule has 3 aromatic rings. The molecule has 7 nitrogen and oxygen atoms in total. The lowest BCUT2D eigenvalue weighted by atomic mass is 10.1. The van der Waals surface area contributed by atoms with E-state index >= 15 is 0 Å². The van der Waals surface area contributed by atoms with Gasteiger partial charge < -0.3 is 18.6 Å². The Morgan fingerprint density at radius 3 is 3.00 bits per heavy atom. The third-order valence-corrected chi connectivity index (χ3v) is 4.38. The molecule has 1 aromatic carbocycles. The molecule has 0 aliphatic carbocycles. The zero-order valence-corrected chi connectivity index (χ0v) is 13.2. The number of rotatable bonds is 2. The van der Waals surface area contributed by atoms with Gasteiger partial charge in [-0.15, -0.1) is 0 Å². The molecular formula is C17H17N3O4. The molecule has 4 rings (SSSR count). The maximum Gasteiger partial charge on any atom is 0.417 e. The quantitative estimate of drug-likeness (QED) is 0.776. The zero-order valence-electron chi connectivity index (χ0n) is 13.2. The van der Waals surface area contributed by atoms with E-state index in [1.807, 2.05) is 34.8 Å². The fraction of sp³-hybridized carbons (Fsp3) is 0.294. The molecule has 1 unspecified atom stereocenters. The number of nitrogens with one attached hydrogen (secondary N) is 1. The van der Waals surface area contributed by atoms with Gasteiger partial charge >= 0.3 is 5.76 Å². The van der Waals surface area contributed by atoms with Crippen LogP contribution in [-0.2, 0) is 11.8 Å². The Morgan fingerprint density at radius 1 is 1.33 bits per heavy atom. The second-order valence-corrected chi connectivity index (χ2v) is 5.86. The predicted molar refractivity (Wildman–Crippen MR) is 86.8 cm³/mol. The van der Waals surface area contributed by atoms with Crippen LogP contribution in [0.25, 0.3) is 11.1 Å². The number of ether oxygens (including phenoxy) is 1. The van der Waals surface area contributed by atoms with Crippen molar-refractivity contribution in [2.45, 2.75) is 6.04 Å². The lowest BCUT2D eigenvalue weighted by molar-refractivity contribution is -0.00462. The number of hydrogen-bond acceptors (Lipinski definition) is 4. The molecule has 0 saturated carbocycles. The van der Waals surface area contributed by atoms with E-state index in [1.165, 1.54) is 0 Å². The highest BCUT2D eigenvalue weighted by atomic mass is 16.5. The first-order valence-electron chi connectivity index (χ1n) is 7.76. The molecule has 1 amide bonds. The van der Waals surface area contributed by atoms with E-state index < -0.39 is 5.76 Å². The summed E-state index contributed by atoms with van der Waals surface area (Å²) in [5, 5.41) is 0. The summed E-state index contributed by atoms with van der Waals surface area (Å²) in [6, 6.07) is 8.79. The summed E-state index contributed by atoms with van der Waals surface area (Å²) in [4.78, 5) is 28.7. The summed E-state index contributed by atoms with van der Waals surface area (Å²) >= 11 is 0. The molecule has 24 heavy (non-hydrogen) atoms. The highest BCUT2D eigenvalue weighted by Gasteiger charge is 2.30. The molecule has 0 spiro atoms. The summed E-state index contributed by atoms with van der Waals surface area (Å²) in [7, 11) is 1.95. The van der Waals surface area contributed by atoms with E-state index in [0.29, 0.717) is 36.4 Å². The van der Waals surface area contributed by atoms with Crippen LogP contribution in [0.4, 0.5) is 0 Å². The zero-order chi connectivity index (χ0) is 16.7. The number of hydrogen-bond donors (Lipinski definition) is 1. The van der Waals surface area contributed by atoms with Crippen LogP contribution in [0.5, 0.6) is 0 Å². The van der Waals surface area contributed by atoms with Gasteiger partial charge in [0.1, 0.15) is 0 Å². The van der Waals surface area contributed by atoms with E-state index in [2.05, 4.69) is 4.98 Å². The number of nitrogens with zero attached hydrogens (tertiary/aromatic N) is 2. The number of carbonyl (C=O) groups excluding carboxylic acids is 1. The topological polar surface area (TPSA) is 80.5 Å². The van der Waals surface area contributed by atoms with Gasteiger partial charge in [0.2, 0.25) is 0 Å². The third kappa shape index (κ3) is 2.43. The minimum absolute atomic E-state index is 0.0894. The van der Waals surface area contributed by atoms with Gasteiger partial charge in [-0.3, -0.25) is 9.78 Å². The number of benzene rings is 1. The van der Waals surface area contributed by atoms with Crippen molar-refractivity contribution in [2.24, 2.45) is 7.05 Å². The molecule has 0 radical (unpaired) electrons. The Balaban J connectivity index is 1.69. The van der Waals surface area contributed by atoms with Crippen molar-refractivity contribution >= 4 is 17.0 Å². The van der Waals surface area contributed by atoms with Gasteiger partial charge in [-0.1, -0.05) is 0 Å². The van der Waals surface area contributed by atoms with Crippen molar-refractivity contribution in [1.82, 2.24) is 14.5 Å². The summed E-state index contributed by atoms with van der Waals surface area (Å²) in [5.74, 6) is -0.615. The lowest BCUT2D eigenvalue weighted by Crippen LogP contribution is -2.44. The number of oxazole rings is 1. The average molecular weight is 327 g/mol. The largest absolute Gasteiger partial charge is 0.417 e. The number of aromatic nitrogens is 2. The Morgan fingerprint density at radius 2 is 2.21 bits per heavy atom. The Hall–Kier alpha value is -2.80. The second-order valence-electron chi connectivity index (χ2n) is 5.86. The highest BCUT2D eigenvalue weighted by molar-refractivity contribution is 5.97. The fourth-order valence-electron chi connectivity index (χ4n) is 3.16. The smallest absolute Gasteiger partial charge is 0.408 e. The monoisotopic (exact) mass is 327 g/mol. The molecule has 0 bridgehead atoms. The normalized spacial score (nSPS) is 18.2.